The predicted octanol–water partition coefficient (Wildman–Crippen LogP) is 9.25. The summed E-state index contributed by atoms with van der Waals surface area (Å²) in [5.74, 6) is -3.85. The summed E-state index contributed by atoms with van der Waals surface area (Å²) >= 11 is 13.4. The van der Waals surface area contributed by atoms with Gasteiger partial charge in [0, 0.05) is 43.5 Å². The standard InChI is InChI=1S/C18H22IN3O5S.C16H17IN2O3S.C15H14ClIN2O4S.C15H14FIN2O4S.C2H4O/c1-11(23)7-8-13-5-4-6-15(19)17(13)28(25,26)10-14(24)9-16-20-12(2)21-18(22-16)27-3;1-10-5-4-6-14(17)16(10)23(21,22)9-13(20)8-15-18-11(2)7-12(3)19-15;1-9-4-3-5-11(17)15(9)24(21,22)8-10(20)6-13-18-12(16)7-14(19-13)23-2;1-9-6-14(23-2)19-13(18-9)7-10(20)8-24(21,22)15-11(16)4-3-5-12(15)17;1-2-3/h4-6,11,23H,7-10H2,1-3H3;4-7H,8-9H2,1-3H3;3-5,7H,6,8H2,1-2H3;3-6H,7-8H2,1-2H3;2H,1H3. The van der Waals surface area contributed by atoms with Crippen LogP contribution in [0.15, 0.2) is 111 Å². The van der Waals surface area contributed by atoms with Crippen LogP contribution in [0.4, 0.5) is 4.39 Å². The third-order valence-corrected chi connectivity index (χ3v) is 25.7. The van der Waals surface area contributed by atoms with Crippen molar-refractivity contribution >= 4 is 171 Å². The number of aryl methyl sites for hydroxylation is 7. The van der Waals surface area contributed by atoms with Crippen molar-refractivity contribution in [3.63, 3.8) is 0 Å². The summed E-state index contributed by atoms with van der Waals surface area (Å²) in [5.41, 5.74) is 3.96. The molecule has 8 rings (SSSR count). The number of methoxy groups -OCH3 is 3. The van der Waals surface area contributed by atoms with E-state index in [1.807, 2.05) is 81.6 Å². The van der Waals surface area contributed by atoms with Crippen molar-refractivity contribution in [2.45, 2.75) is 120 Å². The summed E-state index contributed by atoms with van der Waals surface area (Å²) in [5, 5.41) is 9.64. The average Bonchev–Trinajstić information content (AvgIpc) is 0.812. The minimum absolute atomic E-state index is 0.0792. The maximum atomic E-state index is 13.8. The van der Waals surface area contributed by atoms with E-state index in [1.54, 1.807) is 124 Å². The minimum Gasteiger partial charge on any atom is -0.481 e. The lowest BCUT2D eigenvalue weighted by Crippen LogP contribution is -2.21. The molecule has 0 radical (unpaired) electrons. The first kappa shape index (κ1) is 88.2. The molecule has 4 aromatic heterocycles. The van der Waals surface area contributed by atoms with Gasteiger partial charge >= 0.3 is 6.01 Å². The van der Waals surface area contributed by atoms with E-state index in [1.165, 1.54) is 46.5 Å². The summed E-state index contributed by atoms with van der Waals surface area (Å²) in [6, 6.07) is 24.4. The quantitative estimate of drug-likeness (QED) is 0.0299. The molecule has 8 aromatic rings. The van der Waals surface area contributed by atoms with Crippen molar-refractivity contribution in [1.82, 2.24) is 44.9 Å². The molecule has 1 N–H and O–H groups in total. The van der Waals surface area contributed by atoms with Crippen molar-refractivity contribution in [3.8, 4) is 17.8 Å². The molecule has 0 aliphatic rings. The summed E-state index contributed by atoms with van der Waals surface area (Å²) in [6.45, 7) is 13.5. The van der Waals surface area contributed by atoms with Crippen LogP contribution in [0.3, 0.4) is 0 Å². The number of hydrogen-bond acceptors (Lipinski definition) is 26. The van der Waals surface area contributed by atoms with Crippen LogP contribution < -0.4 is 14.2 Å². The SMILES string of the molecule is CC=O.COc1cc(C)nc(CC(=O)CS(=O)(=O)c2c(F)cccc2I)n1.COc1cc(Cl)nc(CC(=O)CS(=O)(=O)c2c(C)cccc2I)n1.COc1nc(C)nc(CC(=O)CS(=O)(=O)c2c(I)cccc2CCC(C)O)n1.Cc1cc(C)nc(CC(=O)CS(=O)(=O)c2c(C)cccc2I)n1. The maximum Gasteiger partial charge on any atom is 0.319 e. The van der Waals surface area contributed by atoms with Gasteiger partial charge in [0.05, 0.1) is 67.8 Å². The number of ether oxygens (including phenoxy) is 3. The number of sulfone groups is 4. The Kier molecular flexibility index (Phi) is 35.3. The van der Waals surface area contributed by atoms with Crippen LogP contribution in [0.5, 0.6) is 17.8 Å². The van der Waals surface area contributed by atoms with Crippen LogP contribution in [0, 0.1) is 61.6 Å². The predicted molar refractivity (Wildman–Crippen MR) is 410 cm³/mol. The smallest absolute Gasteiger partial charge is 0.319 e. The van der Waals surface area contributed by atoms with Crippen LogP contribution in [0.1, 0.15) is 83.2 Å². The van der Waals surface area contributed by atoms with Gasteiger partial charge in [-0.15, -0.1) is 0 Å². The number of carbonyl (C=O) groups is 5. The molecule has 102 heavy (non-hydrogen) atoms. The number of hydrogen-bond donors (Lipinski definition) is 1. The fraction of sp³-hybridized carbons (Fsp3) is 0.333. The van der Waals surface area contributed by atoms with E-state index in [0.717, 1.165) is 23.7 Å². The number of rotatable bonds is 26. The monoisotopic (exact) mass is 1950 g/mol. The molecule has 0 aliphatic carbocycles. The van der Waals surface area contributed by atoms with Crippen LogP contribution in [0.25, 0.3) is 0 Å². The number of carbonyl (C=O) groups excluding carboxylic acids is 5. The highest BCUT2D eigenvalue weighted by atomic mass is 127. The first-order valence-electron chi connectivity index (χ1n) is 30.0. The second kappa shape index (κ2) is 40.9. The third kappa shape index (κ3) is 28.3. The van der Waals surface area contributed by atoms with Crippen molar-refractivity contribution in [1.29, 1.82) is 0 Å². The Morgan fingerprint density at radius 2 is 0.843 bits per heavy atom. The number of aliphatic hydroxyl groups is 1. The van der Waals surface area contributed by atoms with Crippen molar-refractivity contribution in [2.24, 2.45) is 0 Å². The van der Waals surface area contributed by atoms with Gasteiger partial charge in [-0.1, -0.05) is 54.1 Å². The molecule has 4 aromatic carbocycles. The molecular formula is C66H71ClFI4N9O17S4. The van der Waals surface area contributed by atoms with Gasteiger partial charge in [-0.2, -0.15) is 19.9 Å². The molecule has 1 atom stereocenters. The first-order chi connectivity index (χ1) is 47.7. The molecule has 0 amide bonds. The molecule has 0 bridgehead atoms. The Hall–Kier alpha value is -6.22. The van der Waals surface area contributed by atoms with E-state index in [-0.39, 0.29) is 84.3 Å². The Morgan fingerprint density at radius 3 is 1.25 bits per heavy atom. The van der Waals surface area contributed by atoms with E-state index >= 15 is 0 Å². The average molecular weight is 1950 g/mol. The highest BCUT2D eigenvalue weighted by Crippen LogP contribution is 2.29. The molecule has 36 heteroatoms. The number of aldehydes is 1. The summed E-state index contributed by atoms with van der Waals surface area (Å²) in [4.78, 5) is 94.2. The van der Waals surface area contributed by atoms with Gasteiger partial charge in [-0.05, 0) is 212 Å². The fourth-order valence-corrected chi connectivity index (χ4v) is 22.0. The zero-order chi connectivity index (χ0) is 76.6. The summed E-state index contributed by atoms with van der Waals surface area (Å²) in [6.07, 6.45) is 0.218. The Morgan fingerprint density at radius 1 is 0.490 bits per heavy atom. The third-order valence-electron chi connectivity index (χ3n) is 13.2. The lowest BCUT2D eigenvalue weighted by molar-refractivity contribution is -0.117. The largest absolute Gasteiger partial charge is 0.481 e. The van der Waals surface area contributed by atoms with E-state index in [2.05, 4.69) is 44.9 Å². The van der Waals surface area contributed by atoms with E-state index in [9.17, 15) is 62.3 Å². The zero-order valence-corrected chi connectivity index (χ0v) is 69.4. The van der Waals surface area contributed by atoms with Crippen LogP contribution in [-0.4, -0.2) is 163 Å². The molecule has 1 unspecified atom stereocenters. The summed E-state index contributed by atoms with van der Waals surface area (Å²) < 4.78 is 131. The van der Waals surface area contributed by atoms with Crippen molar-refractivity contribution < 1.29 is 81.4 Å². The minimum atomic E-state index is -4.09. The first-order valence-corrected chi connectivity index (χ1v) is 41.3. The van der Waals surface area contributed by atoms with Gasteiger partial charge in [0.2, 0.25) is 11.8 Å². The number of halogens is 6. The Bertz CT molecular complexity index is 4630. The highest BCUT2D eigenvalue weighted by Gasteiger charge is 2.30. The van der Waals surface area contributed by atoms with Crippen molar-refractivity contribution in [2.75, 3.05) is 44.3 Å². The molecular weight excluding hydrogens is 1880 g/mol. The number of benzene rings is 4. The van der Waals surface area contributed by atoms with Crippen LogP contribution in [0.2, 0.25) is 5.15 Å². The van der Waals surface area contributed by atoms with Gasteiger partial charge in [0.1, 0.15) is 74.3 Å². The zero-order valence-electron chi connectivity index (χ0n) is 56.8. The molecule has 0 saturated heterocycles. The second-order valence-electron chi connectivity index (χ2n) is 22.0. The van der Waals surface area contributed by atoms with Crippen LogP contribution in [-0.2, 0) is 95.4 Å². The summed E-state index contributed by atoms with van der Waals surface area (Å²) in [7, 11) is -11.1. The number of nitrogens with zero attached hydrogens (tertiary/aromatic N) is 9. The number of aromatic nitrogens is 9. The topological polar surface area (TPSA) is 386 Å². The maximum absolute atomic E-state index is 13.8. The van der Waals surface area contributed by atoms with Crippen LogP contribution >= 0.6 is 102 Å². The Labute approximate surface area is 651 Å². The Balaban J connectivity index is 0.000000285. The van der Waals surface area contributed by atoms with Gasteiger partial charge in [-0.3, -0.25) is 19.2 Å². The molecule has 0 saturated carbocycles. The highest BCUT2D eigenvalue weighted by molar-refractivity contribution is 14.1. The normalized spacial score (nSPS) is 11.5. The van der Waals surface area contributed by atoms with Crippen molar-refractivity contribution in [3.05, 3.63) is 179 Å². The van der Waals surface area contributed by atoms with E-state index < -0.39 is 102 Å². The number of aliphatic hydroxyl groups excluding tert-OH is 1. The second-order valence-corrected chi connectivity index (χ2v) is 34.8. The van der Waals surface area contributed by atoms with E-state index in [4.69, 9.17) is 30.6 Å². The molecule has 26 nitrogen and oxygen atoms in total. The van der Waals surface area contributed by atoms with Gasteiger partial charge in [-0.25, -0.2) is 63.0 Å². The van der Waals surface area contributed by atoms with Gasteiger partial charge in [0.15, 0.2) is 62.5 Å². The van der Waals surface area contributed by atoms with Gasteiger partial charge in [0.25, 0.3) is 0 Å². The van der Waals surface area contributed by atoms with Gasteiger partial charge < -0.3 is 24.1 Å². The molecule has 548 valence electrons. The fourth-order valence-electron chi connectivity index (χ4n) is 9.28. The molecule has 0 fully saturated rings. The molecule has 0 aliphatic heterocycles. The molecule has 0 spiro atoms. The lowest BCUT2D eigenvalue weighted by atomic mass is 10.1. The van der Waals surface area contributed by atoms with E-state index in [0.29, 0.717) is 57.6 Å². The number of Topliss-reactive ketones (excluding diaryl/α,β-unsaturated/α-hetero) is 4. The lowest BCUT2D eigenvalue weighted by Gasteiger charge is -2.13. The number of ketones is 4. The molecule has 4 heterocycles.